The second-order valence-corrected chi connectivity index (χ2v) is 0. The van der Waals surface area contributed by atoms with Crippen LogP contribution >= 0.6 is 0 Å². The van der Waals surface area contributed by atoms with Crippen molar-refractivity contribution in [2.45, 2.75) is 0 Å². The molecule has 0 nitrogen and oxygen atoms in total. The first-order valence-electron chi connectivity index (χ1n) is 0.167. The zero-order chi connectivity index (χ0) is 2.00. The topological polar surface area (TPSA) is 0 Å². The maximum atomic E-state index is 2.50. The summed E-state index contributed by atoms with van der Waals surface area (Å²) in [5.41, 5.74) is 0. The van der Waals surface area contributed by atoms with Crippen molar-refractivity contribution >= 4 is 77.2 Å². The van der Waals surface area contributed by atoms with Crippen molar-refractivity contribution in [1.29, 1.82) is 0 Å². The van der Waals surface area contributed by atoms with Gasteiger partial charge in [0.2, 0.25) is 0 Å². The van der Waals surface area contributed by atoms with Gasteiger partial charge in [-0.05, 0) is 0 Å². The van der Waals surface area contributed by atoms with E-state index in [4.69, 9.17) is 0 Å². The molecule has 4 heavy (non-hydrogen) atoms. The summed E-state index contributed by atoms with van der Waals surface area (Å²) in [5, 5.41) is 0. The molecule has 0 aliphatic heterocycles. The molecule has 0 rings (SSSR count). The van der Waals surface area contributed by atoms with E-state index in [2.05, 4.69) is 28.4 Å². The molecule has 0 saturated heterocycles. The molecule has 0 saturated carbocycles. The molecule has 4 heteroatoms. The average molecular weight is 405 g/mol. The molecular weight excluding hydrogens is 401 g/mol. The molecule has 0 aromatic heterocycles. The van der Waals surface area contributed by atoms with Gasteiger partial charge >= 0.3 is 77.2 Å². The number of hydrogen-bond donors (Lipinski definition) is 0. The van der Waals surface area contributed by atoms with Gasteiger partial charge in [0.25, 0.3) is 0 Å². The van der Waals surface area contributed by atoms with Crippen LogP contribution in [0.1, 0.15) is 0 Å². The van der Waals surface area contributed by atoms with E-state index in [0.29, 0.717) is 0 Å². The molecule has 0 aromatic rings. The van der Waals surface area contributed by atoms with Gasteiger partial charge in [-0.25, -0.2) is 0 Å². The fourth-order valence-electron chi connectivity index (χ4n) is 0. The van der Waals surface area contributed by atoms with E-state index in [1.807, 2.05) is 0 Å². The van der Waals surface area contributed by atoms with Crippen LogP contribution in [0.25, 0.3) is 0 Å². The molecule has 0 aliphatic carbocycles. The molecule has 0 atom stereocenters. The van der Waals surface area contributed by atoms with E-state index in [0.717, 1.165) is 0 Å². The summed E-state index contributed by atoms with van der Waals surface area (Å²) < 4.78 is 0. The number of rotatable bonds is 0. The molecule has 26 valence electrons. The third kappa shape index (κ3) is 8.82. The van der Waals surface area contributed by atoms with Crippen molar-refractivity contribution in [2.24, 2.45) is 0 Å². The summed E-state index contributed by atoms with van der Waals surface area (Å²) in [6.07, 6.45) is 0. The minimum absolute atomic E-state index is 0. The zero-order valence-corrected chi connectivity index (χ0v) is 12.0. The summed E-state index contributed by atoms with van der Waals surface area (Å²) in [7, 11) is 0. The Hall–Kier alpha value is 2.68. The van der Waals surface area contributed by atoms with Crippen LogP contribution in [0, 0.1) is 0 Å². The van der Waals surface area contributed by atoms with Gasteiger partial charge in [0.1, 0.15) is 0 Å². The molecule has 4 radical (unpaired) electrons. The first-order valence-corrected chi connectivity index (χ1v) is 4.50. The van der Waals surface area contributed by atoms with E-state index in [9.17, 15) is 0 Å². The van der Waals surface area contributed by atoms with Crippen molar-refractivity contribution < 1.29 is 0 Å². The monoisotopic (exact) mass is 406 g/mol. The average Bonchev–Trinajstić information content (AvgIpc) is 1.00. The van der Waals surface area contributed by atoms with Gasteiger partial charge in [0, 0.05) is 0 Å². The van der Waals surface area contributed by atoms with Crippen LogP contribution in [0.3, 0.4) is 0 Å². The van der Waals surface area contributed by atoms with E-state index in [1.165, 1.54) is 0 Å². The van der Waals surface area contributed by atoms with Gasteiger partial charge in [-0.15, -0.1) is 0 Å². The van der Waals surface area contributed by atoms with Gasteiger partial charge < -0.3 is 0 Å². The molecule has 0 spiro atoms. The maximum absolute atomic E-state index is 2.50. The summed E-state index contributed by atoms with van der Waals surface area (Å²) in [6.45, 7) is 0. The van der Waals surface area contributed by atoms with Crippen LogP contribution in [0.4, 0.5) is 0 Å². The summed E-state index contributed by atoms with van der Waals surface area (Å²) in [5.74, 6) is 0. The van der Waals surface area contributed by atoms with Crippen molar-refractivity contribution in [3.05, 3.63) is 0 Å². The van der Waals surface area contributed by atoms with Crippen molar-refractivity contribution in [3.8, 4) is 0 Å². The molecule has 0 unspecified atom stereocenters. The van der Waals surface area contributed by atoms with Crippen LogP contribution < -0.4 is 0 Å². The van der Waals surface area contributed by atoms with Crippen molar-refractivity contribution in [1.82, 2.24) is 0 Å². The Morgan fingerprint density at radius 2 is 0.750 bits per heavy atom. The van der Waals surface area contributed by atoms with Crippen LogP contribution in [0.15, 0.2) is 0 Å². The van der Waals surface area contributed by atoms with Gasteiger partial charge in [-0.2, -0.15) is 0 Å². The predicted octanol–water partition coefficient (Wildman–Crippen LogP) is -2.59. The van der Waals surface area contributed by atoms with Gasteiger partial charge in [0.05, 0.1) is 0 Å². The fourth-order valence-corrected chi connectivity index (χ4v) is 0. The van der Waals surface area contributed by atoms with E-state index in [-0.39, 0.29) is 48.9 Å². The first kappa shape index (κ1) is 15.9. The molecule has 0 aromatic carbocycles. The Bertz CT molecular complexity index is 4.00. The molecule has 0 N–H and O–H groups in total. The predicted molar refractivity (Wildman–Crippen MR) is 28.6 cm³/mol. The van der Waals surface area contributed by atoms with Gasteiger partial charge in [0.15, 0.2) is 0 Å². The Kier molecular flexibility index (Phi) is 69.0. The molecule has 0 heterocycles. The van der Waals surface area contributed by atoms with E-state index in [1.54, 1.807) is 0 Å². The third-order valence-electron chi connectivity index (χ3n) is 0. The SMILES string of the molecule is [SbH2].[SbH2].[Se][Se]. The van der Waals surface area contributed by atoms with Crippen LogP contribution in [-0.2, 0) is 0 Å². The molecule has 0 aliphatic rings. The van der Waals surface area contributed by atoms with E-state index >= 15 is 0 Å². The first-order chi connectivity index (χ1) is 1.00. The Balaban J connectivity index is -0.00000000500. The second-order valence-electron chi connectivity index (χ2n) is 0. The Morgan fingerprint density at radius 1 is 0.750 bits per heavy atom. The molecule has 0 fully saturated rings. The summed E-state index contributed by atoms with van der Waals surface area (Å²) in [6, 6.07) is 0. The second kappa shape index (κ2) is 17.3. The van der Waals surface area contributed by atoms with Crippen molar-refractivity contribution in [2.75, 3.05) is 0 Å². The van der Waals surface area contributed by atoms with E-state index < -0.39 is 0 Å². The third-order valence-corrected chi connectivity index (χ3v) is 0. The van der Waals surface area contributed by atoms with Crippen LogP contribution in [0.5, 0.6) is 0 Å². The van der Waals surface area contributed by atoms with Gasteiger partial charge in [-0.3, -0.25) is 0 Å². The van der Waals surface area contributed by atoms with Crippen molar-refractivity contribution in [3.63, 3.8) is 0 Å². The van der Waals surface area contributed by atoms with Crippen LogP contribution in [-0.4, -0.2) is 77.2 Å². The Morgan fingerprint density at radius 3 is 0.750 bits per heavy atom. The zero-order valence-electron chi connectivity index (χ0n) is 1.97. The van der Waals surface area contributed by atoms with Gasteiger partial charge in [-0.1, -0.05) is 0 Å². The standard InChI is InChI=1S/2Sb.Se2.4H/c;;1-2;;;;. The number of hydrogen-bond acceptors (Lipinski definition) is 0. The molecular formula is H4Sb2Se2. The Labute approximate surface area is 75.9 Å². The normalized spacial score (nSPS) is 1.50. The minimum atomic E-state index is 0. The van der Waals surface area contributed by atoms with Crippen LogP contribution in [0.2, 0.25) is 0 Å². The quantitative estimate of drug-likeness (QED) is 0.388. The summed E-state index contributed by atoms with van der Waals surface area (Å²) >= 11 is 5.00. The molecule has 0 amide bonds. The fraction of sp³-hybridized carbons (Fsp3) is 0. The summed E-state index contributed by atoms with van der Waals surface area (Å²) in [4.78, 5) is 0. The molecule has 0 bridgehead atoms.